The minimum Gasteiger partial charge on any atom is -0.322 e. The van der Waals surface area contributed by atoms with E-state index in [0.717, 1.165) is 51.4 Å². The minimum atomic E-state index is -0.167. The fraction of sp³-hybridized carbons (Fsp3) is 0.458. The highest BCUT2D eigenvalue weighted by Crippen LogP contribution is 2.22. The number of likely N-dealkylation sites (tertiary alicyclic amines) is 1. The van der Waals surface area contributed by atoms with E-state index in [0.29, 0.717) is 12.0 Å². The Balaban J connectivity index is 0.00000181. The first-order valence-electron chi connectivity index (χ1n) is 11.0. The van der Waals surface area contributed by atoms with E-state index < -0.39 is 0 Å². The monoisotopic (exact) mass is 482 g/mol. The number of nitrogens with one attached hydrogen (secondary N) is 2. The second kappa shape index (κ2) is 13.0. The van der Waals surface area contributed by atoms with Gasteiger partial charge in [-0.1, -0.05) is 30.3 Å². The number of anilines is 1. The number of para-hydroxylation sites is 1. The highest BCUT2D eigenvalue weighted by molar-refractivity contribution is 5.89. The average molecular weight is 483 g/mol. The molecule has 0 aromatic heterocycles. The number of halogens is 3. The normalized spacial score (nSPS) is 19.5. The van der Waals surface area contributed by atoms with Crippen molar-refractivity contribution in [2.24, 2.45) is 5.92 Å². The number of urea groups is 1. The van der Waals surface area contributed by atoms with Crippen LogP contribution >= 0.6 is 24.8 Å². The Morgan fingerprint density at radius 3 is 2.38 bits per heavy atom. The summed E-state index contributed by atoms with van der Waals surface area (Å²) in [5, 5.41) is 6.56. The van der Waals surface area contributed by atoms with Gasteiger partial charge in [0.15, 0.2) is 0 Å². The van der Waals surface area contributed by atoms with Gasteiger partial charge >= 0.3 is 6.03 Å². The summed E-state index contributed by atoms with van der Waals surface area (Å²) in [5.41, 5.74) is 2.06. The van der Waals surface area contributed by atoms with Crippen LogP contribution in [0.5, 0.6) is 0 Å². The van der Waals surface area contributed by atoms with Gasteiger partial charge in [-0.05, 0) is 68.1 Å². The Bertz CT molecular complexity index is 817. The molecule has 32 heavy (non-hydrogen) atoms. The van der Waals surface area contributed by atoms with E-state index in [2.05, 4.69) is 15.5 Å². The summed E-state index contributed by atoms with van der Waals surface area (Å²) in [6.45, 7) is 5.43. The van der Waals surface area contributed by atoms with Crippen LogP contribution in [0.15, 0.2) is 54.6 Å². The van der Waals surface area contributed by atoms with E-state index in [1.165, 1.54) is 18.4 Å². The van der Waals surface area contributed by atoms with Gasteiger partial charge in [-0.15, -0.1) is 24.8 Å². The zero-order chi connectivity index (χ0) is 20.8. The van der Waals surface area contributed by atoms with Gasteiger partial charge in [-0.3, -0.25) is 0 Å². The van der Waals surface area contributed by atoms with Gasteiger partial charge < -0.3 is 20.4 Å². The smallest absolute Gasteiger partial charge is 0.321 e. The number of hydrogen-bond acceptors (Lipinski definition) is 3. The van der Waals surface area contributed by atoms with Crippen molar-refractivity contribution in [3.05, 3.63) is 66.0 Å². The van der Waals surface area contributed by atoms with Crippen LogP contribution in [-0.4, -0.2) is 61.1 Å². The van der Waals surface area contributed by atoms with E-state index >= 15 is 0 Å². The Hall–Kier alpha value is -1.86. The molecule has 8 heteroatoms. The molecule has 176 valence electrons. The lowest BCUT2D eigenvalue weighted by Gasteiger charge is -2.38. The number of benzene rings is 2. The zero-order valence-electron chi connectivity index (χ0n) is 18.2. The third-order valence-corrected chi connectivity index (χ3v) is 6.19. The zero-order valence-corrected chi connectivity index (χ0v) is 19.8. The number of nitrogens with zero attached hydrogens (tertiary/aromatic N) is 2. The van der Waals surface area contributed by atoms with Crippen LogP contribution in [0.3, 0.4) is 0 Å². The fourth-order valence-electron chi connectivity index (χ4n) is 4.49. The highest BCUT2D eigenvalue weighted by Gasteiger charge is 2.27. The maximum atomic E-state index is 13.1. The van der Waals surface area contributed by atoms with Crippen LogP contribution < -0.4 is 10.6 Å². The molecule has 0 aliphatic carbocycles. The van der Waals surface area contributed by atoms with E-state index in [1.54, 1.807) is 12.1 Å². The molecule has 2 N–H and O–H groups in total. The maximum absolute atomic E-state index is 13.1. The standard InChI is InChI=1S/C24H31FN4O.2ClH/c25-21-8-6-19(7-9-21)16-20-10-13-28(14-11-20)17-23-18-29(15-12-26-23)24(30)27-22-4-2-1-3-5-22;;/h1-9,20,23,26H,10-18H2,(H,27,30);2*1H. The van der Waals surface area contributed by atoms with Gasteiger partial charge in [0.05, 0.1) is 0 Å². The third kappa shape index (κ3) is 7.62. The highest BCUT2D eigenvalue weighted by atomic mass is 35.5. The Morgan fingerprint density at radius 1 is 1.00 bits per heavy atom. The van der Waals surface area contributed by atoms with E-state index in [1.807, 2.05) is 47.4 Å². The summed E-state index contributed by atoms with van der Waals surface area (Å²) >= 11 is 0. The molecule has 2 heterocycles. The summed E-state index contributed by atoms with van der Waals surface area (Å²) < 4.78 is 13.1. The molecule has 2 saturated heterocycles. The predicted octanol–water partition coefficient (Wildman–Crippen LogP) is 4.43. The number of piperazine rings is 1. The molecule has 0 saturated carbocycles. The molecular weight excluding hydrogens is 450 g/mol. The van der Waals surface area contributed by atoms with Gasteiger partial charge in [-0.2, -0.15) is 0 Å². The Labute approximate surface area is 202 Å². The number of carbonyl (C=O) groups is 1. The summed E-state index contributed by atoms with van der Waals surface area (Å²) in [7, 11) is 0. The second-order valence-corrected chi connectivity index (χ2v) is 8.47. The largest absolute Gasteiger partial charge is 0.322 e. The van der Waals surface area contributed by atoms with E-state index in [-0.39, 0.29) is 36.7 Å². The average Bonchev–Trinajstić information content (AvgIpc) is 2.78. The Morgan fingerprint density at radius 2 is 1.69 bits per heavy atom. The van der Waals surface area contributed by atoms with Crippen molar-refractivity contribution in [3.8, 4) is 0 Å². The molecule has 2 aromatic carbocycles. The van der Waals surface area contributed by atoms with Crippen molar-refractivity contribution in [2.75, 3.05) is 44.6 Å². The SMILES string of the molecule is Cl.Cl.O=C(Nc1ccccc1)N1CCNC(CN2CCC(Cc3ccc(F)cc3)CC2)C1. The molecular formula is C24H33Cl2FN4O. The number of amides is 2. The maximum Gasteiger partial charge on any atom is 0.321 e. The number of hydrogen-bond donors (Lipinski definition) is 2. The van der Waals surface area contributed by atoms with Crippen molar-refractivity contribution >= 4 is 36.5 Å². The quantitative estimate of drug-likeness (QED) is 0.662. The molecule has 5 nitrogen and oxygen atoms in total. The van der Waals surface area contributed by atoms with Gasteiger partial charge in [-0.25, -0.2) is 9.18 Å². The minimum absolute atomic E-state index is 0. The third-order valence-electron chi connectivity index (χ3n) is 6.19. The number of piperidine rings is 1. The van der Waals surface area contributed by atoms with Crippen molar-refractivity contribution in [3.63, 3.8) is 0 Å². The first-order valence-corrected chi connectivity index (χ1v) is 11.0. The van der Waals surface area contributed by atoms with Gasteiger partial charge in [0.1, 0.15) is 5.82 Å². The van der Waals surface area contributed by atoms with Crippen LogP contribution in [0.2, 0.25) is 0 Å². The van der Waals surface area contributed by atoms with Crippen molar-refractivity contribution in [2.45, 2.75) is 25.3 Å². The van der Waals surface area contributed by atoms with E-state index in [9.17, 15) is 9.18 Å². The van der Waals surface area contributed by atoms with Crippen LogP contribution in [0, 0.1) is 11.7 Å². The summed E-state index contributed by atoms with van der Waals surface area (Å²) in [6, 6.07) is 16.8. The lowest BCUT2D eigenvalue weighted by atomic mass is 9.90. The summed E-state index contributed by atoms with van der Waals surface area (Å²) in [6.07, 6.45) is 3.37. The van der Waals surface area contributed by atoms with Crippen molar-refractivity contribution in [1.29, 1.82) is 0 Å². The molecule has 2 aliphatic heterocycles. The molecule has 4 rings (SSSR count). The van der Waals surface area contributed by atoms with Crippen LogP contribution in [0.25, 0.3) is 0 Å². The summed E-state index contributed by atoms with van der Waals surface area (Å²) in [4.78, 5) is 17.0. The van der Waals surface area contributed by atoms with Crippen molar-refractivity contribution in [1.82, 2.24) is 15.1 Å². The lowest BCUT2D eigenvalue weighted by Crippen LogP contribution is -2.57. The second-order valence-electron chi connectivity index (χ2n) is 8.47. The molecule has 0 bridgehead atoms. The van der Waals surface area contributed by atoms with E-state index in [4.69, 9.17) is 0 Å². The van der Waals surface area contributed by atoms with Crippen LogP contribution in [-0.2, 0) is 6.42 Å². The topological polar surface area (TPSA) is 47.6 Å². The summed E-state index contributed by atoms with van der Waals surface area (Å²) in [5.74, 6) is 0.499. The molecule has 2 aromatic rings. The van der Waals surface area contributed by atoms with Crippen molar-refractivity contribution < 1.29 is 9.18 Å². The number of rotatable bonds is 5. The van der Waals surface area contributed by atoms with Gasteiger partial charge in [0.2, 0.25) is 0 Å². The molecule has 0 radical (unpaired) electrons. The molecule has 2 amide bonds. The lowest BCUT2D eigenvalue weighted by molar-refractivity contribution is 0.139. The molecule has 2 aliphatic rings. The first-order chi connectivity index (χ1) is 14.7. The molecule has 2 fully saturated rings. The molecule has 1 unspecified atom stereocenters. The first kappa shape index (κ1) is 26.4. The number of carbonyl (C=O) groups excluding carboxylic acids is 1. The fourth-order valence-corrected chi connectivity index (χ4v) is 4.49. The molecule has 1 atom stereocenters. The van der Waals surface area contributed by atoms with Crippen LogP contribution in [0.4, 0.5) is 14.9 Å². The molecule has 0 spiro atoms. The predicted molar refractivity (Wildman–Crippen MR) is 133 cm³/mol. The Kier molecular flexibility index (Phi) is 10.7. The van der Waals surface area contributed by atoms with Gasteiger partial charge in [0, 0.05) is 37.9 Å². The van der Waals surface area contributed by atoms with Gasteiger partial charge in [0.25, 0.3) is 0 Å². The van der Waals surface area contributed by atoms with Crippen LogP contribution in [0.1, 0.15) is 18.4 Å².